The van der Waals surface area contributed by atoms with E-state index >= 15 is 0 Å². The van der Waals surface area contributed by atoms with Gasteiger partial charge in [0, 0.05) is 5.75 Å². The molecule has 0 amide bonds. The Balaban J connectivity index is 1.79. The maximum Gasteiger partial charge on any atom is 0.142 e. The van der Waals surface area contributed by atoms with Crippen molar-refractivity contribution in [3.63, 3.8) is 0 Å². The van der Waals surface area contributed by atoms with Gasteiger partial charge in [0.15, 0.2) is 0 Å². The highest BCUT2D eigenvalue weighted by Crippen LogP contribution is 2.21. The second kappa shape index (κ2) is 5.19. The number of hydrogen-bond acceptors (Lipinski definition) is 2. The first-order valence-corrected chi connectivity index (χ1v) is 6.51. The molecule has 0 spiro atoms. The number of thioether (sulfide) groups is 1. The molecule has 4 heteroatoms. The molecule has 1 aliphatic rings. The Hall–Kier alpha value is -0.250. The summed E-state index contributed by atoms with van der Waals surface area (Å²) in [5.41, 5.74) is 1.01. The third-order valence-electron chi connectivity index (χ3n) is 2.47. The monoisotopic (exact) mass is 245 g/mol. The molecule has 0 aliphatic carbocycles. The molecule has 1 aromatic rings. The van der Waals surface area contributed by atoms with Gasteiger partial charge in [-0.1, -0.05) is 17.7 Å². The van der Waals surface area contributed by atoms with Crippen LogP contribution in [0.25, 0.3) is 0 Å². The number of halogens is 2. The Morgan fingerprint density at radius 1 is 1.47 bits per heavy atom. The Bertz CT molecular complexity index is 341. The molecule has 0 unspecified atom stereocenters. The third kappa shape index (κ3) is 3.10. The van der Waals surface area contributed by atoms with E-state index in [1.54, 1.807) is 6.07 Å². The summed E-state index contributed by atoms with van der Waals surface area (Å²) in [6.07, 6.45) is 0. The molecule has 1 aromatic carbocycles. The van der Waals surface area contributed by atoms with Crippen molar-refractivity contribution < 1.29 is 4.39 Å². The topological polar surface area (TPSA) is 12.0 Å². The average Bonchev–Trinajstić information content (AvgIpc) is 2.15. The van der Waals surface area contributed by atoms with Crippen LogP contribution in [-0.4, -0.2) is 18.8 Å². The SMILES string of the molecule is Fc1cc(CSCC2CNC2)ccc1Cl. The van der Waals surface area contributed by atoms with E-state index in [2.05, 4.69) is 5.32 Å². The smallest absolute Gasteiger partial charge is 0.142 e. The van der Waals surface area contributed by atoms with E-state index in [9.17, 15) is 4.39 Å². The van der Waals surface area contributed by atoms with Crippen LogP contribution in [0.15, 0.2) is 18.2 Å². The van der Waals surface area contributed by atoms with E-state index in [0.29, 0.717) is 0 Å². The molecule has 1 nitrogen and oxygen atoms in total. The van der Waals surface area contributed by atoms with Gasteiger partial charge in [0.2, 0.25) is 0 Å². The van der Waals surface area contributed by atoms with Gasteiger partial charge in [-0.2, -0.15) is 11.8 Å². The number of benzene rings is 1. The normalized spacial score (nSPS) is 16.4. The highest BCUT2D eigenvalue weighted by atomic mass is 35.5. The molecular weight excluding hydrogens is 233 g/mol. The Kier molecular flexibility index (Phi) is 3.89. The van der Waals surface area contributed by atoms with Gasteiger partial charge in [0.25, 0.3) is 0 Å². The first-order valence-electron chi connectivity index (χ1n) is 4.98. The van der Waals surface area contributed by atoms with Gasteiger partial charge in [0.1, 0.15) is 5.82 Å². The summed E-state index contributed by atoms with van der Waals surface area (Å²) >= 11 is 7.46. The van der Waals surface area contributed by atoms with E-state index in [1.807, 2.05) is 17.8 Å². The Morgan fingerprint density at radius 3 is 2.87 bits per heavy atom. The second-order valence-electron chi connectivity index (χ2n) is 3.79. The number of nitrogens with one attached hydrogen (secondary N) is 1. The van der Waals surface area contributed by atoms with Crippen LogP contribution in [-0.2, 0) is 5.75 Å². The van der Waals surface area contributed by atoms with Crippen LogP contribution >= 0.6 is 23.4 Å². The van der Waals surface area contributed by atoms with Crippen molar-refractivity contribution in [1.29, 1.82) is 0 Å². The van der Waals surface area contributed by atoms with Gasteiger partial charge >= 0.3 is 0 Å². The van der Waals surface area contributed by atoms with Gasteiger partial charge in [0.05, 0.1) is 5.02 Å². The lowest BCUT2D eigenvalue weighted by molar-refractivity contribution is 0.385. The maximum absolute atomic E-state index is 13.1. The fourth-order valence-corrected chi connectivity index (χ4v) is 2.66. The molecule has 0 atom stereocenters. The average molecular weight is 246 g/mol. The van der Waals surface area contributed by atoms with E-state index in [0.717, 1.165) is 36.1 Å². The first-order chi connectivity index (χ1) is 7.25. The van der Waals surface area contributed by atoms with E-state index in [4.69, 9.17) is 11.6 Å². The molecule has 0 bridgehead atoms. The van der Waals surface area contributed by atoms with Crippen molar-refractivity contribution in [1.82, 2.24) is 5.32 Å². The zero-order valence-electron chi connectivity index (χ0n) is 8.30. The molecule has 1 aliphatic heterocycles. The molecule has 1 saturated heterocycles. The summed E-state index contributed by atoms with van der Waals surface area (Å²) in [6.45, 7) is 2.25. The molecule has 1 N–H and O–H groups in total. The van der Waals surface area contributed by atoms with Crippen LogP contribution in [0, 0.1) is 11.7 Å². The highest BCUT2D eigenvalue weighted by Gasteiger charge is 2.15. The van der Waals surface area contributed by atoms with Gasteiger partial charge < -0.3 is 5.32 Å². The maximum atomic E-state index is 13.1. The van der Waals surface area contributed by atoms with Crippen LogP contribution < -0.4 is 5.32 Å². The largest absolute Gasteiger partial charge is 0.316 e. The molecule has 0 radical (unpaired) electrons. The summed E-state index contributed by atoms with van der Waals surface area (Å²) < 4.78 is 13.1. The van der Waals surface area contributed by atoms with Crippen molar-refractivity contribution in [2.24, 2.45) is 5.92 Å². The van der Waals surface area contributed by atoms with Crippen LogP contribution in [0.1, 0.15) is 5.56 Å². The van der Waals surface area contributed by atoms with Gasteiger partial charge in [-0.25, -0.2) is 4.39 Å². The van der Waals surface area contributed by atoms with Crippen LogP contribution in [0.2, 0.25) is 5.02 Å². The van der Waals surface area contributed by atoms with E-state index in [-0.39, 0.29) is 10.8 Å². The van der Waals surface area contributed by atoms with Crippen molar-refractivity contribution in [3.05, 3.63) is 34.6 Å². The fraction of sp³-hybridized carbons (Fsp3) is 0.455. The van der Waals surface area contributed by atoms with Crippen molar-refractivity contribution in [3.8, 4) is 0 Å². The molecular formula is C11H13ClFNS. The number of hydrogen-bond donors (Lipinski definition) is 1. The predicted molar refractivity (Wildman–Crippen MR) is 63.9 cm³/mol. The molecule has 15 heavy (non-hydrogen) atoms. The first kappa shape index (κ1) is 11.2. The minimum absolute atomic E-state index is 0.201. The molecule has 82 valence electrons. The standard InChI is InChI=1S/C11H13ClFNS/c12-10-2-1-8(3-11(10)13)6-15-7-9-4-14-5-9/h1-3,9,14H,4-7H2. The lowest BCUT2D eigenvalue weighted by atomic mass is 10.1. The van der Waals surface area contributed by atoms with Crippen molar-refractivity contribution in [2.75, 3.05) is 18.8 Å². The van der Waals surface area contributed by atoms with Gasteiger partial charge in [-0.05, 0) is 42.5 Å². The van der Waals surface area contributed by atoms with Crippen molar-refractivity contribution in [2.45, 2.75) is 5.75 Å². The lowest BCUT2D eigenvalue weighted by Gasteiger charge is -2.26. The Morgan fingerprint density at radius 2 is 2.27 bits per heavy atom. The van der Waals surface area contributed by atoms with E-state index in [1.165, 1.54) is 6.07 Å². The van der Waals surface area contributed by atoms with Crippen LogP contribution in [0.3, 0.4) is 0 Å². The minimum Gasteiger partial charge on any atom is -0.316 e. The quantitative estimate of drug-likeness (QED) is 0.876. The zero-order chi connectivity index (χ0) is 10.7. The Labute approximate surface area is 98.4 Å². The van der Waals surface area contributed by atoms with Crippen molar-refractivity contribution >= 4 is 23.4 Å². The summed E-state index contributed by atoms with van der Waals surface area (Å²) in [5.74, 6) is 2.49. The summed E-state index contributed by atoms with van der Waals surface area (Å²) in [5, 5.41) is 3.44. The minimum atomic E-state index is -0.319. The summed E-state index contributed by atoms with van der Waals surface area (Å²) in [4.78, 5) is 0. The predicted octanol–water partition coefficient (Wildman–Crippen LogP) is 2.93. The molecule has 0 aromatic heterocycles. The van der Waals surface area contributed by atoms with Gasteiger partial charge in [-0.15, -0.1) is 0 Å². The molecule has 2 rings (SSSR count). The molecule has 1 heterocycles. The molecule has 1 fully saturated rings. The van der Waals surface area contributed by atoms with Crippen LogP contribution in [0.4, 0.5) is 4.39 Å². The summed E-state index contributed by atoms with van der Waals surface area (Å²) in [6, 6.07) is 5.03. The fourth-order valence-electron chi connectivity index (χ4n) is 1.44. The lowest BCUT2D eigenvalue weighted by Crippen LogP contribution is -2.43. The molecule has 0 saturated carbocycles. The second-order valence-corrected chi connectivity index (χ2v) is 5.23. The summed E-state index contributed by atoms with van der Waals surface area (Å²) in [7, 11) is 0. The number of rotatable bonds is 4. The zero-order valence-corrected chi connectivity index (χ0v) is 9.87. The van der Waals surface area contributed by atoms with Crippen LogP contribution in [0.5, 0.6) is 0 Å². The van der Waals surface area contributed by atoms with E-state index < -0.39 is 0 Å². The van der Waals surface area contributed by atoms with Gasteiger partial charge in [-0.3, -0.25) is 0 Å². The third-order valence-corrected chi connectivity index (χ3v) is 4.02. The highest BCUT2D eigenvalue weighted by molar-refractivity contribution is 7.98.